The van der Waals surface area contributed by atoms with E-state index in [2.05, 4.69) is 20.6 Å². The predicted molar refractivity (Wildman–Crippen MR) is 246 cm³/mol. The Morgan fingerprint density at radius 3 is 2.34 bits per heavy atom. The first-order valence-electron chi connectivity index (χ1n) is 21.3. The van der Waals surface area contributed by atoms with Crippen LogP contribution in [0.5, 0.6) is 11.6 Å². The minimum absolute atomic E-state index is 0.0185. The van der Waals surface area contributed by atoms with Crippen LogP contribution in [-0.2, 0) is 28.6 Å². The molecule has 1 fully saturated rings. The first-order valence-corrected chi connectivity index (χ1v) is 22.2. The molecule has 3 amide bonds. The fraction of sp³-hybridized carbons (Fsp3) is 0.417. The lowest BCUT2D eigenvalue weighted by Crippen LogP contribution is -2.58. The number of likely N-dealkylation sites (tertiary alicyclic amines) is 1. The molecule has 340 valence electrons. The Morgan fingerprint density at radius 1 is 0.906 bits per heavy atom. The number of nitrogens with one attached hydrogen (secondary N) is 2. The molecule has 6 rings (SSSR count). The maximum Gasteiger partial charge on any atom is 0.246 e. The van der Waals surface area contributed by atoms with Gasteiger partial charge in [-0.1, -0.05) is 57.2 Å². The average Bonchev–Trinajstić information content (AvgIpc) is 3.91. The summed E-state index contributed by atoms with van der Waals surface area (Å²) in [6, 6.07) is 19.2. The van der Waals surface area contributed by atoms with E-state index in [0.717, 1.165) is 43.9 Å². The van der Waals surface area contributed by atoms with Crippen LogP contribution in [0.2, 0.25) is 0 Å². The van der Waals surface area contributed by atoms with Crippen LogP contribution in [-0.4, -0.2) is 121 Å². The van der Waals surface area contributed by atoms with Gasteiger partial charge in [-0.2, -0.15) is 0 Å². The number of β-amino-alcohol motifs (C(OH)–C–C–N with tert-alkyl or cyclic N) is 1. The van der Waals surface area contributed by atoms with Gasteiger partial charge in [0, 0.05) is 30.6 Å². The van der Waals surface area contributed by atoms with Gasteiger partial charge in [0.05, 0.1) is 79.6 Å². The minimum Gasteiger partial charge on any atom is -0.491 e. The van der Waals surface area contributed by atoms with Crippen molar-refractivity contribution in [3.05, 3.63) is 101 Å². The van der Waals surface area contributed by atoms with Gasteiger partial charge in [-0.05, 0) is 72.4 Å². The zero-order valence-electron chi connectivity index (χ0n) is 37.2. The molecule has 4 atom stereocenters. The Bertz CT molecular complexity index is 2370. The maximum atomic E-state index is 14.0. The van der Waals surface area contributed by atoms with Crippen molar-refractivity contribution in [2.24, 2.45) is 5.41 Å². The summed E-state index contributed by atoms with van der Waals surface area (Å²) < 4.78 is 27.8. The highest BCUT2D eigenvalue weighted by Gasteiger charge is 2.44. The van der Waals surface area contributed by atoms with Crippen molar-refractivity contribution in [1.82, 2.24) is 30.5 Å². The normalized spacial score (nSPS) is 16.2. The number of ether oxygens (including phenoxy) is 5. The number of hydrogen-bond acceptors (Lipinski definition) is 13. The monoisotopic (exact) mass is 894 g/mol. The van der Waals surface area contributed by atoms with Gasteiger partial charge in [-0.15, -0.1) is 11.3 Å². The molecule has 15 nitrogen and oxygen atoms in total. The van der Waals surface area contributed by atoms with Crippen LogP contribution in [0.25, 0.3) is 33.5 Å². The molecule has 0 saturated carbocycles. The highest BCUT2D eigenvalue weighted by Crippen LogP contribution is 2.30. The van der Waals surface area contributed by atoms with Crippen LogP contribution in [0, 0.1) is 12.3 Å². The molecule has 64 heavy (non-hydrogen) atoms. The standard InChI is InChI=1S/C48H58N6O9S/c1-31(34-8-10-35(11-9-34)44-32(2)50-30-64-44)51-46(57)41-27-38(55)28-54(41)47(58)45(48(3,4)5)53-42(56)29-62-22-21-60-19-20-61-23-24-63-39-15-16-40-36(26-39)12-14-37(52-40)13-7-33-17-18-49-43(25-33)59-6/h7-18,25-26,30-31,38,41,45,55H,19-24,27-29H2,1-6H3,(H,51,57)(H,53,56)/b13-7+/t31-,38+,41-,45+/m0/s1. The minimum atomic E-state index is -0.967. The Labute approximate surface area is 378 Å². The van der Waals surface area contributed by atoms with Gasteiger partial charge in [0.2, 0.25) is 23.6 Å². The third-order valence-corrected chi connectivity index (χ3v) is 11.6. The molecule has 1 aliphatic heterocycles. The fourth-order valence-corrected chi connectivity index (χ4v) is 7.98. The summed E-state index contributed by atoms with van der Waals surface area (Å²) >= 11 is 1.57. The molecule has 0 spiro atoms. The summed E-state index contributed by atoms with van der Waals surface area (Å²) in [6.07, 6.45) is 4.82. The van der Waals surface area contributed by atoms with E-state index < -0.39 is 35.4 Å². The maximum absolute atomic E-state index is 14.0. The first kappa shape index (κ1) is 47.7. The zero-order valence-corrected chi connectivity index (χ0v) is 38.1. The lowest BCUT2D eigenvalue weighted by molar-refractivity contribution is -0.144. The highest BCUT2D eigenvalue weighted by atomic mass is 32.1. The fourth-order valence-electron chi connectivity index (χ4n) is 7.16. The topological polar surface area (TPSA) is 184 Å². The van der Waals surface area contributed by atoms with E-state index >= 15 is 0 Å². The predicted octanol–water partition coefficient (Wildman–Crippen LogP) is 6.04. The van der Waals surface area contributed by atoms with Gasteiger partial charge >= 0.3 is 0 Å². The summed E-state index contributed by atoms with van der Waals surface area (Å²) in [5.74, 6) is -0.0251. The largest absolute Gasteiger partial charge is 0.491 e. The molecular weight excluding hydrogens is 837 g/mol. The summed E-state index contributed by atoms with van der Waals surface area (Å²) in [6.45, 7) is 10.9. The van der Waals surface area contributed by atoms with E-state index in [-0.39, 0.29) is 44.7 Å². The molecule has 0 radical (unpaired) electrons. The summed E-state index contributed by atoms with van der Waals surface area (Å²) in [4.78, 5) is 56.2. The first-order chi connectivity index (χ1) is 30.8. The van der Waals surface area contributed by atoms with Crippen LogP contribution in [0.4, 0.5) is 0 Å². The van der Waals surface area contributed by atoms with Crippen LogP contribution in [0.15, 0.2) is 78.4 Å². The number of fused-ring (bicyclic) bond motifs is 1. The molecule has 0 bridgehead atoms. The summed E-state index contributed by atoms with van der Waals surface area (Å²) in [7, 11) is 1.59. The molecule has 5 aromatic rings. The van der Waals surface area contributed by atoms with E-state index in [1.54, 1.807) is 24.6 Å². The van der Waals surface area contributed by atoms with Crippen molar-refractivity contribution in [3.8, 4) is 22.1 Å². The van der Waals surface area contributed by atoms with Crippen molar-refractivity contribution in [1.29, 1.82) is 0 Å². The molecule has 4 heterocycles. The molecule has 3 aromatic heterocycles. The van der Waals surface area contributed by atoms with Crippen LogP contribution in [0.1, 0.15) is 62.7 Å². The molecular formula is C48H58N6O9S. The van der Waals surface area contributed by atoms with E-state index in [1.807, 2.05) is 119 Å². The zero-order chi connectivity index (χ0) is 45.6. The van der Waals surface area contributed by atoms with E-state index in [4.69, 9.17) is 28.7 Å². The Morgan fingerprint density at radius 2 is 1.64 bits per heavy atom. The number of aliphatic hydroxyl groups is 1. The van der Waals surface area contributed by atoms with Crippen molar-refractivity contribution in [2.75, 3.05) is 59.9 Å². The Balaban J connectivity index is 0.856. The number of carbonyl (C=O) groups excluding carboxylic acids is 3. The molecule has 0 unspecified atom stereocenters. The molecule has 1 saturated heterocycles. The molecule has 16 heteroatoms. The number of nitrogens with zero attached hydrogens (tertiary/aromatic N) is 4. The van der Waals surface area contributed by atoms with Crippen molar-refractivity contribution >= 4 is 52.1 Å². The third kappa shape index (κ3) is 13.4. The number of benzene rings is 2. The van der Waals surface area contributed by atoms with Crippen LogP contribution in [0.3, 0.4) is 0 Å². The van der Waals surface area contributed by atoms with Crippen molar-refractivity contribution in [3.63, 3.8) is 0 Å². The quantitative estimate of drug-likeness (QED) is 0.0728. The lowest BCUT2D eigenvalue weighted by Gasteiger charge is -2.35. The smallest absolute Gasteiger partial charge is 0.246 e. The number of methoxy groups -OCH3 is 1. The third-order valence-electron chi connectivity index (χ3n) is 10.6. The van der Waals surface area contributed by atoms with Gasteiger partial charge in [0.1, 0.15) is 31.0 Å². The number of hydrogen-bond donors (Lipinski definition) is 3. The number of amides is 3. The van der Waals surface area contributed by atoms with Gasteiger partial charge in [0.25, 0.3) is 0 Å². The molecule has 1 aliphatic rings. The average molecular weight is 895 g/mol. The second-order valence-electron chi connectivity index (χ2n) is 16.6. The molecule has 2 aromatic carbocycles. The number of thiazole rings is 1. The van der Waals surface area contributed by atoms with Crippen LogP contribution >= 0.6 is 11.3 Å². The van der Waals surface area contributed by atoms with Gasteiger partial charge in [-0.3, -0.25) is 14.4 Å². The van der Waals surface area contributed by atoms with Gasteiger partial charge < -0.3 is 44.3 Å². The van der Waals surface area contributed by atoms with Crippen molar-refractivity contribution < 1.29 is 43.2 Å². The second-order valence-corrected chi connectivity index (χ2v) is 17.4. The molecule has 0 aliphatic carbocycles. The number of aliphatic hydroxyl groups excluding tert-OH is 1. The second kappa shape index (κ2) is 22.7. The molecule has 3 N–H and O–H groups in total. The van der Waals surface area contributed by atoms with Gasteiger partial charge in [0.15, 0.2) is 0 Å². The Hall–Kier alpha value is -5.78. The number of carbonyl (C=O) groups is 3. The van der Waals surface area contributed by atoms with Crippen LogP contribution < -0.4 is 20.1 Å². The number of aromatic nitrogens is 3. The highest BCUT2D eigenvalue weighted by molar-refractivity contribution is 7.13. The Kier molecular flexibility index (Phi) is 16.9. The van der Waals surface area contributed by atoms with E-state index in [9.17, 15) is 19.5 Å². The summed E-state index contributed by atoms with van der Waals surface area (Å²) in [5, 5.41) is 17.4. The number of rotatable bonds is 21. The number of aryl methyl sites for hydroxylation is 1. The SMILES string of the molecule is COc1cc(/C=C/c2ccc3cc(OCCOCCOCCOCC(=O)N[C@H](C(=O)N4C[C@H](O)C[C@H]4C(=O)N[C@@H](C)c4ccc(-c5scnc5C)cc4)C(C)(C)C)ccc3n2)ccn1. The van der Waals surface area contributed by atoms with E-state index in [0.29, 0.717) is 38.1 Å². The number of pyridine rings is 2. The van der Waals surface area contributed by atoms with E-state index in [1.165, 1.54) is 4.90 Å². The van der Waals surface area contributed by atoms with Crippen molar-refractivity contribution in [2.45, 2.75) is 65.3 Å². The summed E-state index contributed by atoms with van der Waals surface area (Å²) in [5.41, 5.74) is 6.67. The van der Waals surface area contributed by atoms with Gasteiger partial charge in [-0.25, -0.2) is 15.0 Å². The lowest BCUT2D eigenvalue weighted by atomic mass is 9.85.